The molecule has 1 fully saturated rings. The van der Waals surface area contributed by atoms with Gasteiger partial charge in [-0.05, 0) is 75.5 Å². The van der Waals surface area contributed by atoms with Gasteiger partial charge in [0.1, 0.15) is 12.3 Å². The van der Waals surface area contributed by atoms with Crippen molar-refractivity contribution in [1.82, 2.24) is 10.2 Å². The summed E-state index contributed by atoms with van der Waals surface area (Å²) in [7, 11) is -3.91. The van der Waals surface area contributed by atoms with Gasteiger partial charge in [0.25, 0.3) is 10.0 Å². The van der Waals surface area contributed by atoms with E-state index in [0.29, 0.717) is 30.6 Å². The Morgan fingerprint density at radius 2 is 1.82 bits per heavy atom. The molecule has 0 saturated carbocycles. The third-order valence-electron chi connectivity index (χ3n) is 6.22. The number of ether oxygens (including phenoxy) is 1. The normalized spacial score (nSPS) is 16.7. The number of hydrogen-bond acceptors (Lipinski definition) is 5. The molecule has 0 spiro atoms. The molecular weight excluding hydrogens is 450 g/mol. The highest BCUT2D eigenvalue weighted by atomic mass is 32.2. The predicted molar refractivity (Wildman–Crippen MR) is 136 cm³/mol. The summed E-state index contributed by atoms with van der Waals surface area (Å²) >= 11 is 0. The zero-order chi connectivity index (χ0) is 24.4. The van der Waals surface area contributed by atoms with Crippen molar-refractivity contribution in [3.63, 3.8) is 0 Å². The molecule has 1 aliphatic rings. The number of benzene rings is 2. The van der Waals surface area contributed by atoms with E-state index >= 15 is 0 Å². The van der Waals surface area contributed by atoms with Crippen LogP contribution in [-0.4, -0.2) is 58.1 Å². The van der Waals surface area contributed by atoms with Crippen LogP contribution in [0.25, 0.3) is 0 Å². The van der Waals surface area contributed by atoms with E-state index in [-0.39, 0.29) is 17.3 Å². The van der Waals surface area contributed by atoms with Crippen LogP contribution in [0, 0.1) is 0 Å². The average Bonchev–Trinajstić information content (AvgIpc) is 2.86. The number of rotatable bonds is 12. The monoisotopic (exact) mass is 487 g/mol. The maximum Gasteiger partial charge on any atom is 0.264 e. The number of amides is 1. The van der Waals surface area contributed by atoms with Crippen molar-refractivity contribution in [2.24, 2.45) is 0 Å². The smallest absolute Gasteiger partial charge is 0.264 e. The fraction of sp³-hybridized carbons (Fsp3) is 0.500. The minimum atomic E-state index is -3.91. The zero-order valence-corrected chi connectivity index (χ0v) is 21.1. The molecule has 0 radical (unpaired) electrons. The topological polar surface area (TPSA) is 79.0 Å². The standard InChI is InChI=1S/C26H37N3O4S/c1-3-22-11-8-9-19-28(22)20-10-18-27-26(30)21-29(23-14-16-24(17-15-23)33-4-2)34(31,32)25-12-6-5-7-13-25/h5-7,12-17,22H,3-4,8-11,18-21H2,1-2H3,(H,27,30). The van der Waals surface area contributed by atoms with Crippen LogP contribution in [0.1, 0.15) is 46.0 Å². The molecule has 1 saturated heterocycles. The maximum absolute atomic E-state index is 13.4. The first-order valence-electron chi connectivity index (χ1n) is 12.3. The Balaban J connectivity index is 1.65. The number of likely N-dealkylation sites (tertiary alicyclic amines) is 1. The van der Waals surface area contributed by atoms with Crippen LogP contribution < -0.4 is 14.4 Å². The van der Waals surface area contributed by atoms with Crippen molar-refractivity contribution in [2.45, 2.75) is 56.9 Å². The molecular formula is C26H37N3O4S. The highest BCUT2D eigenvalue weighted by Crippen LogP contribution is 2.26. The summed E-state index contributed by atoms with van der Waals surface area (Å²) in [4.78, 5) is 15.5. The molecule has 1 unspecified atom stereocenters. The third kappa shape index (κ3) is 6.96. The van der Waals surface area contributed by atoms with Crippen LogP contribution in [0.5, 0.6) is 5.75 Å². The van der Waals surface area contributed by atoms with E-state index < -0.39 is 10.0 Å². The fourth-order valence-electron chi connectivity index (χ4n) is 4.42. The van der Waals surface area contributed by atoms with Crippen molar-refractivity contribution in [3.05, 3.63) is 54.6 Å². The first kappa shape index (κ1) is 26.0. The van der Waals surface area contributed by atoms with Gasteiger partial charge in [-0.2, -0.15) is 0 Å². The van der Waals surface area contributed by atoms with Crippen LogP contribution in [0.15, 0.2) is 59.5 Å². The Morgan fingerprint density at radius 3 is 2.50 bits per heavy atom. The summed E-state index contributed by atoms with van der Waals surface area (Å²) in [5.41, 5.74) is 0.418. The van der Waals surface area contributed by atoms with E-state index in [4.69, 9.17) is 4.74 Å². The quantitative estimate of drug-likeness (QED) is 0.457. The van der Waals surface area contributed by atoms with Crippen molar-refractivity contribution < 1.29 is 17.9 Å². The fourth-order valence-corrected chi connectivity index (χ4v) is 5.87. The summed E-state index contributed by atoms with van der Waals surface area (Å²) in [5.74, 6) is 0.329. The molecule has 1 aliphatic heterocycles. The number of nitrogens with one attached hydrogen (secondary N) is 1. The molecule has 0 bridgehead atoms. The van der Waals surface area contributed by atoms with E-state index in [1.54, 1.807) is 42.5 Å². The second-order valence-electron chi connectivity index (χ2n) is 8.55. The maximum atomic E-state index is 13.4. The van der Waals surface area contributed by atoms with Crippen LogP contribution >= 0.6 is 0 Å². The average molecular weight is 488 g/mol. The number of sulfonamides is 1. The van der Waals surface area contributed by atoms with Gasteiger partial charge in [-0.1, -0.05) is 31.5 Å². The molecule has 186 valence electrons. The molecule has 7 nitrogen and oxygen atoms in total. The number of piperidine rings is 1. The van der Waals surface area contributed by atoms with Gasteiger partial charge in [0, 0.05) is 19.1 Å². The van der Waals surface area contributed by atoms with Crippen molar-refractivity contribution in [3.8, 4) is 5.75 Å². The predicted octanol–water partition coefficient (Wildman–Crippen LogP) is 4.05. The molecule has 1 heterocycles. The van der Waals surface area contributed by atoms with Gasteiger partial charge in [-0.3, -0.25) is 9.10 Å². The van der Waals surface area contributed by atoms with Gasteiger partial charge in [0.15, 0.2) is 0 Å². The van der Waals surface area contributed by atoms with Gasteiger partial charge in [-0.25, -0.2) is 8.42 Å². The summed E-state index contributed by atoms with van der Waals surface area (Å²) in [6.07, 6.45) is 5.77. The third-order valence-corrected chi connectivity index (χ3v) is 8.01. The second kappa shape index (κ2) is 12.8. The van der Waals surface area contributed by atoms with Crippen molar-refractivity contribution in [2.75, 3.05) is 37.1 Å². The van der Waals surface area contributed by atoms with Crippen LogP contribution in [0.4, 0.5) is 5.69 Å². The van der Waals surface area contributed by atoms with Gasteiger partial charge < -0.3 is 15.0 Å². The molecule has 3 rings (SSSR count). The highest BCUT2D eigenvalue weighted by molar-refractivity contribution is 7.92. The minimum Gasteiger partial charge on any atom is -0.494 e. The molecule has 0 aromatic heterocycles. The van der Waals surface area contributed by atoms with E-state index in [9.17, 15) is 13.2 Å². The largest absolute Gasteiger partial charge is 0.494 e. The molecule has 1 N–H and O–H groups in total. The highest BCUT2D eigenvalue weighted by Gasteiger charge is 2.27. The molecule has 2 aromatic carbocycles. The lowest BCUT2D eigenvalue weighted by Crippen LogP contribution is -2.43. The number of anilines is 1. The molecule has 1 amide bonds. The van der Waals surface area contributed by atoms with E-state index in [1.165, 1.54) is 31.4 Å². The lowest BCUT2D eigenvalue weighted by molar-refractivity contribution is -0.119. The number of nitrogens with zero attached hydrogens (tertiary/aromatic N) is 2. The molecule has 8 heteroatoms. The van der Waals surface area contributed by atoms with Gasteiger partial charge in [0.05, 0.1) is 17.2 Å². The molecule has 1 atom stereocenters. The Labute approximate surface area is 204 Å². The number of carbonyl (C=O) groups excluding carboxylic acids is 1. The lowest BCUT2D eigenvalue weighted by Gasteiger charge is -2.35. The summed E-state index contributed by atoms with van der Waals surface area (Å²) in [6.45, 7) is 6.94. The Hall–Kier alpha value is -2.58. The van der Waals surface area contributed by atoms with Crippen LogP contribution in [0.3, 0.4) is 0 Å². The van der Waals surface area contributed by atoms with Gasteiger partial charge in [-0.15, -0.1) is 0 Å². The molecule has 34 heavy (non-hydrogen) atoms. The molecule has 2 aromatic rings. The van der Waals surface area contributed by atoms with E-state index in [0.717, 1.165) is 30.2 Å². The first-order chi connectivity index (χ1) is 16.5. The Kier molecular flexibility index (Phi) is 9.77. The second-order valence-corrected chi connectivity index (χ2v) is 10.4. The van der Waals surface area contributed by atoms with Crippen molar-refractivity contribution >= 4 is 21.6 Å². The van der Waals surface area contributed by atoms with Gasteiger partial charge in [0.2, 0.25) is 5.91 Å². The number of hydrogen-bond donors (Lipinski definition) is 1. The Bertz CT molecular complexity index is 996. The lowest BCUT2D eigenvalue weighted by atomic mass is 10.00. The van der Waals surface area contributed by atoms with Crippen LogP contribution in [-0.2, 0) is 14.8 Å². The summed E-state index contributed by atoms with van der Waals surface area (Å²) < 4.78 is 33.4. The van der Waals surface area contributed by atoms with Gasteiger partial charge >= 0.3 is 0 Å². The minimum absolute atomic E-state index is 0.146. The number of carbonyl (C=O) groups is 1. The first-order valence-corrected chi connectivity index (χ1v) is 13.7. The molecule has 0 aliphatic carbocycles. The van der Waals surface area contributed by atoms with Crippen molar-refractivity contribution in [1.29, 1.82) is 0 Å². The summed E-state index contributed by atoms with van der Waals surface area (Å²) in [5, 5.41) is 2.91. The van der Waals surface area contributed by atoms with Crippen LogP contribution in [0.2, 0.25) is 0 Å². The zero-order valence-electron chi connectivity index (χ0n) is 20.3. The Morgan fingerprint density at radius 1 is 1.09 bits per heavy atom. The van der Waals surface area contributed by atoms with E-state index in [2.05, 4.69) is 17.1 Å². The summed E-state index contributed by atoms with van der Waals surface area (Å²) in [6, 6.07) is 15.6. The SMILES string of the molecule is CCOc1ccc(N(CC(=O)NCCCN2CCCCC2CC)S(=O)(=O)c2ccccc2)cc1. The van der Waals surface area contributed by atoms with E-state index in [1.807, 2.05) is 6.92 Å².